The van der Waals surface area contributed by atoms with E-state index < -0.39 is 5.72 Å². The first-order valence-corrected chi connectivity index (χ1v) is 6.86. The minimum atomic E-state index is -0.445. The molecule has 0 aliphatic carbocycles. The first-order valence-electron chi connectivity index (χ1n) is 5.66. The maximum Gasteiger partial charge on any atom is 0.184 e. The number of nitrogens with zero attached hydrogens (tertiary/aromatic N) is 1. The highest BCUT2D eigenvalue weighted by molar-refractivity contribution is 9.10. The first kappa shape index (κ1) is 12.0. The summed E-state index contributed by atoms with van der Waals surface area (Å²) in [6, 6.07) is 3.44. The summed E-state index contributed by atoms with van der Waals surface area (Å²) in [7, 11) is 1.92. The van der Waals surface area contributed by atoms with E-state index in [0.29, 0.717) is 5.11 Å². The molecule has 2 aliphatic rings. The van der Waals surface area contributed by atoms with Crippen molar-refractivity contribution in [3.05, 3.63) is 22.2 Å². The number of hydrogen-bond acceptors (Lipinski definition) is 3. The molecule has 2 heterocycles. The second-order valence-electron chi connectivity index (χ2n) is 4.89. The zero-order valence-corrected chi connectivity index (χ0v) is 12.4. The van der Waals surface area contributed by atoms with Gasteiger partial charge in [0.15, 0.2) is 10.8 Å². The van der Waals surface area contributed by atoms with Gasteiger partial charge in [-0.05, 0) is 47.2 Å². The molecule has 0 saturated carbocycles. The maximum absolute atomic E-state index is 9.69. The summed E-state index contributed by atoms with van der Waals surface area (Å²) in [5.41, 5.74) is 0.495. The molecule has 4 nitrogen and oxygen atoms in total. The van der Waals surface area contributed by atoms with Gasteiger partial charge in [-0.2, -0.15) is 0 Å². The van der Waals surface area contributed by atoms with Crippen molar-refractivity contribution in [2.24, 2.45) is 0 Å². The van der Waals surface area contributed by atoms with Gasteiger partial charge in [0, 0.05) is 19.0 Å². The summed E-state index contributed by atoms with van der Waals surface area (Å²) >= 11 is 8.75. The average Bonchev–Trinajstić information content (AvgIpc) is 2.28. The molecule has 1 fully saturated rings. The third-order valence-corrected chi connectivity index (χ3v) is 4.63. The summed E-state index contributed by atoms with van der Waals surface area (Å²) in [6.07, 6.45) is 0.784. The molecule has 2 aliphatic heterocycles. The van der Waals surface area contributed by atoms with Crippen molar-refractivity contribution in [1.29, 1.82) is 0 Å². The van der Waals surface area contributed by atoms with E-state index in [0.717, 1.165) is 22.2 Å². The number of nitrogens with one attached hydrogen (secondary N) is 1. The Morgan fingerprint density at radius 2 is 2.33 bits per heavy atom. The molecule has 0 aromatic heterocycles. The Balaban J connectivity index is 2.17. The van der Waals surface area contributed by atoms with Crippen LogP contribution in [0.4, 0.5) is 0 Å². The lowest BCUT2D eigenvalue weighted by atomic mass is 9.91. The Labute approximate surface area is 119 Å². The minimum Gasteiger partial charge on any atom is -0.508 e. The Morgan fingerprint density at radius 1 is 1.61 bits per heavy atom. The summed E-state index contributed by atoms with van der Waals surface area (Å²) < 4.78 is 6.86. The van der Waals surface area contributed by atoms with Crippen LogP contribution in [0, 0.1) is 0 Å². The van der Waals surface area contributed by atoms with E-state index in [1.54, 1.807) is 12.1 Å². The van der Waals surface area contributed by atoms with Gasteiger partial charge >= 0.3 is 0 Å². The van der Waals surface area contributed by atoms with E-state index >= 15 is 0 Å². The van der Waals surface area contributed by atoms with Crippen LogP contribution in [0.25, 0.3) is 0 Å². The molecule has 2 atom stereocenters. The first-order chi connectivity index (χ1) is 8.40. The Kier molecular flexibility index (Phi) is 2.50. The maximum atomic E-state index is 9.69. The third-order valence-electron chi connectivity index (χ3n) is 3.65. The standard InChI is InChI=1S/C12H13BrN2O2S/c1-12-5-9(14-11(18)15(12)2)7-3-6(16)4-8(13)10(7)17-12/h3-4,9,16H,5H2,1-2H3,(H,14,18). The molecule has 6 heteroatoms. The van der Waals surface area contributed by atoms with E-state index in [9.17, 15) is 5.11 Å². The van der Waals surface area contributed by atoms with Crippen LogP contribution in [0.3, 0.4) is 0 Å². The van der Waals surface area contributed by atoms with Gasteiger partial charge in [-0.3, -0.25) is 0 Å². The summed E-state index contributed by atoms with van der Waals surface area (Å²) in [5, 5.41) is 13.6. The molecule has 1 aromatic carbocycles. The Bertz CT molecular complexity index is 551. The SMILES string of the molecule is CN1C(=S)NC2CC1(C)Oc1c(Br)cc(O)cc12. The van der Waals surface area contributed by atoms with Crippen LogP contribution in [0.1, 0.15) is 24.9 Å². The molecular formula is C12H13BrN2O2S. The number of fused-ring (bicyclic) bond motifs is 4. The molecule has 2 unspecified atom stereocenters. The van der Waals surface area contributed by atoms with Crippen LogP contribution in [0.2, 0.25) is 0 Å². The monoisotopic (exact) mass is 328 g/mol. The summed E-state index contributed by atoms with van der Waals surface area (Å²) in [6.45, 7) is 2.02. The zero-order valence-electron chi connectivity index (χ0n) is 10.0. The highest BCUT2D eigenvalue weighted by atomic mass is 79.9. The van der Waals surface area contributed by atoms with E-state index in [-0.39, 0.29) is 11.8 Å². The number of ether oxygens (including phenoxy) is 1. The fourth-order valence-electron chi connectivity index (χ4n) is 2.51. The van der Waals surface area contributed by atoms with Gasteiger partial charge in [-0.25, -0.2) is 0 Å². The topological polar surface area (TPSA) is 44.7 Å². The Hall–Kier alpha value is -1.01. The lowest BCUT2D eigenvalue weighted by molar-refractivity contribution is -0.0568. The van der Waals surface area contributed by atoms with Gasteiger partial charge in [-0.1, -0.05) is 0 Å². The van der Waals surface area contributed by atoms with Crippen LogP contribution in [0.5, 0.6) is 11.5 Å². The lowest BCUT2D eigenvalue weighted by Crippen LogP contribution is -2.63. The van der Waals surface area contributed by atoms with Gasteiger partial charge in [0.25, 0.3) is 0 Å². The number of rotatable bonds is 0. The number of benzene rings is 1. The van der Waals surface area contributed by atoms with Gasteiger partial charge in [0.1, 0.15) is 11.5 Å². The van der Waals surface area contributed by atoms with Crippen molar-refractivity contribution in [3.63, 3.8) is 0 Å². The van der Waals surface area contributed by atoms with Crippen LogP contribution in [-0.2, 0) is 0 Å². The molecule has 1 saturated heterocycles. The summed E-state index contributed by atoms with van der Waals surface area (Å²) in [4.78, 5) is 1.93. The molecule has 18 heavy (non-hydrogen) atoms. The fourth-order valence-corrected chi connectivity index (χ4v) is 3.39. The zero-order chi connectivity index (χ0) is 13.1. The predicted molar refractivity (Wildman–Crippen MR) is 75.7 cm³/mol. The normalized spacial score (nSPS) is 29.4. The van der Waals surface area contributed by atoms with Gasteiger partial charge < -0.3 is 20.1 Å². The molecule has 1 aromatic rings. The van der Waals surface area contributed by atoms with E-state index in [2.05, 4.69) is 21.2 Å². The van der Waals surface area contributed by atoms with Crippen molar-refractivity contribution in [2.75, 3.05) is 7.05 Å². The number of phenolic OH excluding ortho intramolecular Hbond substituents is 1. The molecule has 0 amide bonds. The predicted octanol–water partition coefficient (Wildman–Crippen LogP) is 2.51. The highest BCUT2D eigenvalue weighted by Crippen LogP contribution is 2.47. The van der Waals surface area contributed by atoms with Crippen molar-refractivity contribution in [1.82, 2.24) is 10.2 Å². The smallest absolute Gasteiger partial charge is 0.184 e. The van der Waals surface area contributed by atoms with Crippen LogP contribution in [0.15, 0.2) is 16.6 Å². The van der Waals surface area contributed by atoms with Crippen LogP contribution < -0.4 is 10.1 Å². The quantitative estimate of drug-likeness (QED) is 0.716. The van der Waals surface area contributed by atoms with Gasteiger partial charge in [0.05, 0.1) is 10.5 Å². The molecule has 2 bridgehead atoms. The molecule has 0 radical (unpaired) electrons. The van der Waals surface area contributed by atoms with Crippen molar-refractivity contribution >= 4 is 33.3 Å². The van der Waals surface area contributed by atoms with Crippen molar-refractivity contribution in [3.8, 4) is 11.5 Å². The van der Waals surface area contributed by atoms with Crippen molar-refractivity contribution in [2.45, 2.75) is 25.1 Å². The number of aromatic hydroxyl groups is 1. The minimum absolute atomic E-state index is 0.0749. The van der Waals surface area contributed by atoms with E-state index in [1.165, 1.54) is 0 Å². The Morgan fingerprint density at radius 3 is 3.06 bits per heavy atom. The van der Waals surface area contributed by atoms with Crippen LogP contribution >= 0.6 is 28.1 Å². The molecular weight excluding hydrogens is 316 g/mol. The molecule has 96 valence electrons. The second-order valence-corrected chi connectivity index (χ2v) is 6.13. The number of thiocarbonyl (C=S) groups is 1. The number of halogens is 1. The van der Waals surface area contributed by atoms with Gasteiger partial charge in [-0.15, -0.1) is 0 Å². The largest absolute Gasteiger partial charge is 0.508 e. The highest BCUT2D eigenvalue weighted by Gasteiger charge is 2.46. The number of hydrogen-bond donors (Lipinski definition) is 2. The summed E-state index contributed by atoms with van der Waals surface area (Å²) in [5.74, 6) is 0.993. The van der Waals surface area contributed by atoms with E-state index in [1.807, 2.05) is 18.9 Å². The average molecular weight is 329 g/mol. The van der Waals surface area contributed by atoms with Crippen molar-refractivity contribution < 1.29 is 9.84 Å². The molecule has 0 spiro atoms. The van der Waals surface area contributed by atoms with Gasteiger partial charge in [0.2, 0.25) is 0 Å². The third kappa shape index (κ3) is 1.59. The number of phenols is 1. The molecule has 3 rings (SSSR count). The fraction of sp³-hybridized carbons (Fsp3) is 0.417. The van der Waals surface area contributed by atoms with E-state index in [4.69, 9.17) is 17.0 Å². The second kappa shape index (κ2) is 3.74. The molecule has 2 N–H and O–H groups in total. The van der Waals surface area contributed by atoms with Crippen LogP contribution in [-0.4, -0.2) is 27.9 Å². The lowest BCUT2D eigenvalue weighted by Gasteiger charge is -2.51.